The number of allylic oxidation sites excluding steroid dienone is 1. The molecule has 0 saturated carbocycles. The van der Waals surface area contributed by atoms with Crippen LogP contribution in [-0.4, -0.2) is 18.7 Å². The summed E-state index contributed by atoms with van der Waals surface area (Å²) in [6, 6.07) is -0.0883. The Morgan fingerprint density at radius 2 is 2.54 bits per heavy atom. The molecule has 0 aromatic rings. The second kappa shape index (κ2) is 5.45. The fraction of sp³-hybridized carbons (Fsp3) is 0.667. The van der Waals surface area contributed by atoms with Crippen molar-refractivity contribution in [1.29, 1.82) is 0 Å². The molecule has 0 aromatic heterocycles. The van der Waals surface area contributed by atoms with E-state index in [1.54, 1.807) is 0 Å². The number of urea groups is 1. The zero-order chi connectivity index (χ0) is 9.52. The van der Waals surface area contributed by atoms with Gasteiger partial charge in [-0.2, -0.15) is 0 Å². The Labute approximate surface area is 78.8 Å². The lowest BCUT2D eigenvalue weighted by atomic mass is 10.2. The molecular weight excluding hydrogens is 166 g/mol. The third kappa shape index (κ3) is 3.83. The van der Waals surface area contributed by atoms with E-state index in [9.17, 15) is 4.79 Å². The predicted molar refractivity (Wildman–Crippen MR) is 52.1 cm³/mol. The molecule has 4 nitrogen and oxygen atoms in total. The molecule has 4 heteroatoms. The average molecular weight is 183 g/mol. The maximum absolute atomic E-state index is 11.2. The van der Waals surface area contributed by atoms with E-state index in [0.29, 0.717) is 0 Å². The van der Waals surface area contributed by atoms with Crippen LogP contribution in [0.5, 0.6) is 0 Å². The molecule has 1 aliphatic rings. The first-order valence-corrected chi connectivity index (χ1v) is 4.78. The molecule has 3 N–H and O–H groups in total. The molecule has 0 bridgehead atoms. The van der Waals surface area contributed by atoms with Crippen LogP contribution in [0.3, 0.4) is 0 Å². The molecule has 13 heavy (non-hydrogen) atoms. The molecule has 1 atom stereocenters. The summed E-state index contributed by atoms with van der Waals surface area (Å²) in [5.74, 6) is 0. The number of hydrogen-bond acceptors (Lipinski definition) is 2. The lowest BCUT2D eigenvalue weighted by Gasteiger charge is -2.21. The van der Waals surface area contributed by atoms with Crippen LogP contribution < -0.4 is 16.0 Å². The Morgan fingerprint density at radius 3 is 3.15 bits per heavy atom. The smallest absolute Gasteiger partial charge is 0.316 e. The van der Waals surface area contributed by atoms with E-state index in [2.05, 4.69) is 22.0 Å². The quantitative estimate of drug-likeness (QED) is 0.609. The Morgan fingerprint density at radius 1 is 1.69 bits per heavy atom. The van der Waals surface area contributed by atoms with Crippen LogP contribution in [0.15, 0.2) is 12.3 Å². The molecule has 0 aliphatic carbocycles. The predicted octanol–water partition coefficient (Wildman–Crippen LogP) is 0.919. The van der Waals surface area contributed by atoms with Gasteiger partial charge in [0.05, 0.1) is 0 Å². The highest BCUT2D eigenvalue weighted by Gasteiger charge is 2.10. The molecule has 0 fully saturated rings. The Bertz CT molecular complexity index is 191. The number of rotatable bonds is 3. The lowest BCUT2D eigenvalue weighted by Crippen LogP contribution is -2.48. The van der Waals surface area contributed by atoms with Gasteiger partial charge in [0.15, 0.2) is 0 Å². The van der Waals surface area contributed by atoms with Crippen molar-refractivity contribution in [2.75, 3.05) is 6.54 Å². The first kappa shape index (κ1) is 9.89. The topological polar surface area (TPSA) is 53.2 Å². The first-order chi connectivity index (χ1) is 6.33. The van der Waals surface area contributed by atoms with E-state index >= 15 is 0 Å². The van der Waals surface area contributed by atoms with Crippen molar-refractivity contribution < 1.29 is 4.79 Å². The highest BCUT2D eigenvalue weighted by Crippen LogP contribution is 2.00. The maximum Gasteiger partial charge on any atom is 0.316 e. The number of hydrogen-bond donors (Lipinski definition) is 3. The highest BCUT2D eigenvalue weighted by atomic mass is 16.2. The SMILES string of the molecule is CCCNC(=O)NC1CCC=CN1. The summed E-state index contributed by atoms with van der Waals surface area (Å²) in [7, 11) is 0. The van der Waals surface area contributed by atoms with Crippen LogP contribution in [0, 0.1) is 0 Å². The zero-order valence-corrected chi connectivity index (χ0v) is 7.97. The zero-order valence-electron chi connectivity index (χ0n) is 7.97. The Balaban J connectivity index is 2.15. The first-order valence-electron chi connectivity index (χ1n) is 4.78. The Hall–Kier alpha value is -1.19. The minimum Gasteiger partial charge on any atom is -0.372 e. The summed E-state index contributed by atoms with van der Waals surface area (Å²) in [6.45, 7) is 2.76. The third-order valence-electron chi connectivity index (χ3n) is 1.88. The van der Waals surface area contributed by atoms with Crippen molar-refractivity contribution in [2.24, 2.45) is 0 Å². The van der Waals surface area contributed by atoms with Crippen molar-refractivity contribution in [3.63, 3.8) is 0 Å². The van der Waals surface area contributed by atoms with Gasteiger partial charge in [-0.25, -0.2) is 4.79 Å². The van der Waals surface area contributed by atoms with Crippen LogP contribution >= 0.6 is 0 Å². The standard InChI is InChI=1S/C9H17N3O/c1-2-6-11-9(13)12-8-5-3-4-7-10-8/h4,7-8,10H,2-3,5-6H2,1H3,(H2,11,12,13). The molecule has 1 heterocycles. The van der Waals surface area contributed by atoms with Gasteiger partial charge in [-0.3, -0.25) is 0 Å². The van der Waals surface area contributed by atoms with Crippen molar-refractivity contribution in [2.45, 2.75) is 32.4 Å². The van der Waals surface area contributed by atoms with Gasteiger partial charge in [-0.15, -0.1) is 0 Å². The molecule has 1 rings (SSSR count). The largest absolute Gasteiger partial charge is 0.372 e. The molecule has 1 unspecified atom stereocenters. The second-order valence-corrected chi connectivity index (χ2v) is 3.10. The van der Waals surface area contributed by atoms with E-state index in [4.69, 9.17) is 0 Å². The normalized spacial score (nSPS) is 20.5. The van der Waals surface area contributed by atoms with E-state index in [0.717, 1.165) is 25.8 Å². The van der Waals surface area contributed by atoms with Crippen LogP contribution in [0.25, 0.3) is 0 Å². The minimum absolute atomic E-state index is 0.0851. The lowest BCUT2D eigenvalue weighted by molar-refractivity contribution is 0.234. The summed E-state index contributed by atoms with van der Waals surface area (Å²) >= 11 is 0. The second-order valence-electron chi connectivity index (χ2n) is 3.10. The van der Waals surface area contributed by atoms with Gasteiger partial charge in [-0.1, -0.05) is 13.0 Å². The van der Waals surface area contributed by atoms with Crippen LogP contribution in [-0.2, 0) is 0 Å². The summed E-state index contributed by atoms with van der Waals surface area (Å²) in [6.07, 6.45) is 6.96. The van der Waals surface area contributed by atoms with E-state index < -0.39 is 0 Å². The molecule has 2 amide bonds. The summed E-state index contributed by atoms with van der Waals surface area (Å²) in [5.41, 5.74) is 0. The number of amides is 2. The van der Waals surface area contributed by atoms with Crippen molar-refractivity contribution in [3.05, 3.63) is 12.3 Å². The van der Waals surface area contributed by atoms with Crippen LogP contribution in [0.1, 0.15) is 26.2 Å². The number of carbonyl (C=O) groups is 1. The molecule has 0 radical (unpaired) electrons. The van der Waals surface area contributed by atoms with Gasteiger partial charge < -0.3 is 16.0 Å². The third-order valence-corrected chi connectivity index (χ3v) is 1.88. The van der Waals surface area contributed by atoms with Crippen LogP contribution in [0.2, 0.25) is 0 Å². The summed E-state index contributed by atoms with van der Waals surface area (Å²) in [5, 5.41) is 8.68. The molecule has 1 aliphatic heterocycles. The van der Waals surface area contributed by atoms with Gasteiger partial charge in [0.25, 0.3) is 0 Å². The fourth-order valence-corrected chi connectivity index (χ4v) is 1.18. The fourth-order valence-electron chi connectivity index (χ4n) is 1.18. The summed E-state index contributed by atoms with van der Waals surface area (Å²) < 4.78 is 0. The van der Waals surface area contributed by atoms with Gasteiger partial charge in [-0.05, 0) is 25.5 Å². The van der Waals surface area contributed by atoms with Gasteiger partial charge in [0.1, 0.15) is 6.17 Å². The highest BCUT2D eigenvalue weighted by molar-refractivity contribution is 5.74. The van der Waals surface area contributed by atoms with E-state index in [1.807, 2.05) is 13.1 Å². The number of carbonyl (C=O) groups excluding carboxylic acids is 1. The van der Waals surface area contributed by atoms with Gasteiger partial charge in [0, 0.05) is 6.54 Å². The van der Waals surface area contributed by atoms with Crippen molar-refractivity contribution in [1.82, 2.24) is 16.0 Å². The molecular formula is C9H17N3O. The van der Waals surface area contributed by atoms with Crippen molar-refractivity contribution in [3.8, 4) is 0 Å². The monoisotopic (exact) mass is 183 g/mol. The maximum atomic E-state index is 11.2. The minimum atomic E-state index is -0.0883. The van der Waals surface area contributed by atoms with E-state index in [1.165, 1.54) is 0 Å². The molecule has 0 spiro atoms. The van der Waals surface area contributed by atoms with Gasteiger partial charge >= 0.3 is 6.03 Å². The Kier molecular flexibility index (Phi) is 4.15. The summed E-state index contributed by atoms with van der Waals surface area (Å²) in [4.78, 5) is 11.2. The molecule has 0 saturated heterocycles. The average Bonchev–Trinajstić information content (AvgIpc) is 2.16. The van der Waals surface area contributed by atoms with Crippen LogP contribution in [0.4, 0.5) is 4.79 Å². The van der Waals surface area contributed by atoms with Gasteiger partial charge in [0.2, 0.25) is 0 Å². The van der Waals surface area contributed by atoms with E-state index in [-0.39, 0.29) is 12.2 Å². The number of nitrogens with one attached hydrogen (secondary N) is 3. The molecule has 0 aromatic carbocycles. The molecule has 74 valence electrons. The van der Waals surface area contributed by atoms with Crippen molar-refractivity contribution >= 4 is 6.03 Å².